The number of nitrogens with zero attached hydrogens (tertiary/aromatic N) is 1. The number of rotatable bonds is 5. The summed E-state index contributed by atoms with van der Waals surface area (Å²) in [4.78, 5) is 33.2. The summed E-state index contributed by atoms with van der Waals surface area (Å²) in [5.74, 6) is -0.106. The van der Waals surface area contributed by atoms with Crippen LogP contribution in [0.25, 0.3) is 22.2 Å². The third-order valence-corrected chi connectivity index (χ3v) is 9.37. The molecular formula is C35H40N2O3S. The fourth-order valence-corrected chi connectivity index (χ4v) is 6.97. The van der Waals surface area contributed by atoms with E-state index in [1.807, 2.05) is 37.3 Å². The number of nitrogens with one attached hydrogen (secondary N) is 1. The number of anilines is 1. The highest BCUT2D eigenvalue weighted by Gasteiger charge is 2.34. The van der Waals surface area contributed by atoms with E-state index in [0.29, 0.717) is 22.0 Å². The largest absolute Gasteiger partial charge is 0.462 e. The lowest BCUT2D eigenvalue weighted by atomic mass is 9.72. The molecule has 1 unspecified atom stereocenters. The molecule has 2 aromatic heterocycles. The van der Waals surface area contributed by atoms with Crippen molar-refractivity contribution >= 4 is 39.1 Å². The fraction of sp³-hybridized carbons (Fsp3) is 0.400. The Hall–Kier alpha value is -3.51. The smallest absolute Gasteiger partial charge is 0.341 e. The number of hydrogen-bond acceptors (Lipinski definition) is 5. The molecule has 2 aromatic carbocycles. The van der Waals surface area contributed by atoms with Crippen LogP contribution in [0.4, 0.5) is 5.00 Å². The minimum absolute atomic E-state index is 0.0454. The van der Waals surface area contributed by atoms with E-state index in [0.717, 1.165) is 47.0 Å². The van der Waals surface area contributed by atoms with Crippen molar-refractivity contribution in [2.45, 2.75) is 73.1 Å². The number of carbonyl (C=O) groups is 2. The minimum atomic E-state index is -0.367. The molecule has 1 aliphatic carbocycles. The van der Waals surface area contributed by atoms with Crippen molar-refractivity contribution in [3.8, 4) is 11.3 Å². The summed E-state index contributed by atoms with van der Waals surface area (Å²) in [5, 5.41) is 4.47. The molecule has 2 heterocycles. The average Bonchev–Trinajstić information content (AvgIpc) is 3.28. The van der Waals surface area contributed by atoms with Gasteiger partial charge in [-0.05, 0) is 66.2 Å². The van der Waals surface area contributed by atoms with E-state index in [1.54, 1.807) is 0 Å². The molecule has 1 amide bonds. The Morgan fingerprint density at radius 3 is 2.39 bits per heavy atom. The number of thiophene rings is 1. The maximum atomic E-state index is 14.0. The number of pyridine rings is 1. The van der Waals surface area contributed by atoms with Crippen molar-refractivity contribution in [1.29, 1.82) is 0 Å². The van der Waals surface area contributed by atoms with Crippen LogP contribution >= 0.6 is 11.3 Å². The number of aromatic nitrogens is 1. The van der Waals surface area contributed by atoms with Crippen LogP contribution in [-0.2, 0) is 23.0 Å². The molecule has 0 fully saturated rings. The summed E-state index contributed by atoms with van der Waals surface area (Å²) in [6.45, 7) is 15.5. The summed E-state index contributed by atoms with van der Waals surface area (Å²) in [6.07, 6.45) is 2.72. The van der Waals surface area contributed by atoms with E-state index >= 15 is 0 Å². The van der Waals surface area contributed by atoms with Gasteiger partial charge in [-0.3, -0.25) is 4.79 Å². The SMILES string of the molecule is CCOC(=O)c1c(NC(=O)c2cc(-c3ccc(C(C)(C)C)cc3)nc3ccccc23)sc2c1CCC(C(C)(C)C)C2. The zero-order valence-corrected chi connectivity index (χ0v) is 26.0. The second-order valence-corrected chi connectivity index (χ2v) is 14.2. The monoisotopic (exact) mass is 568 g/mol. The van der Waals surface area contributed by atoms with Crippen molar-refractivity contribution in [3.63, 3.8) is 0 Å². The van der Waals surface area contributed by atoms with Crippen LogP contribution in [-0.4, -0.2) is 23.5 Å². The van der Waals surface area contributed by atoms with Gasteiger partial charge in [0.05, 0.1) is 28.9 Å². The fourth-order valence-electron chi connectivity index (χ4n) is 5.65. The number of benzene rings is 2. The molecular weight excluding hydrogens is 528 g/mol. The Labute approximate surface area is 247 Å². The quantitative estimate of drug-likeness (QED) is 0.244. The molecule has 0 saturated heterocycles. The number of carbonyl (C=O) groups excluding carboxylic acids is 2. The number of amides is 1. The van der Waals surface area contributed by atoms with Crippen molar-refractivity contribution in [1.82, 2.24) is 4.98 Å². The molecule has 0 spiro atoms. The van der Waals surface area contributed by atoms with Crippen LogP contribution in [0.3, 0.4) is 0 Å². The average molecular weight is 569 g/mol. The third kappa shape index (κ3) is 5.94. The normalized spacial score (nSPS) is 15.4. The second kappa shape index (κ2) is 11.1. The van der Waals surface area contributed by atoms with Crippen LogP contribution < -0.4 is 5.32 Å². The van der Waals surface area contributed by atoms with Gasteiger partial charge in [-0.1, -0.05) is 84.0 Å². The molecule has 1 N–H and O–H groups in total. The lowest BCUT2D eigenvalue weighted by Gasteiger charge is -2.33. The Morgan fingerprint density at radius 2 is 1.73 bits per heavy atom. The van der Waals surface area contributed by atoms with Crippen LogP contribution in [0, 0.1) is 11.3 Å². The van der Waals surface area contributed by atoms with E-state index in [1.165, 1.54) is 21.8 Å². The number of para-hydroxylation sites is 1. The molecule has 0 saturated carbocycles. The maximum absolute atomic E-state index is 14.0. The number of hydrogen-bond donors (Lipinski definition) is 1. The van der Waals surface area contributed by atoms with Crippen molar-refractivity contribution in [2.75, 3.05) is 11.9 Å². The van der Waals surface area contributed by atoms with Crippen molar-refractivity contribution in [3.05, 3.63) is 81.7 Å². The first kappa shape index (κ1) is 29.0. The third-order valence-electron chi connectivity index (χ3n) is 8.20. The van der Waals surface area contributed by atoms with Crippen LogP contribution in [0.1, 0.15) is 91.6 Å². The molecule has 0 bridgehead atoms. The zero-order chi connectivity index (χ0) is 29.5. The van der Waals surface area contributed by atoms with Gasteiger partial charge >= 0.3 is 5.97 Å². The summed E-state index contributed by atoms with van der Waals surface area (Å²) in [6, 6.07) is 17.9. The van der Waals surface area contributed by atoms with Crippen molar-refractivity contribution in [2.24, 2.45) is 11.3 Å². The van der Waals surface area contributed by atoms with E-state index in [4.69, 9.17) is 9.72 Å². The molecule has 0 aliphatic heterocycles. The first-order valence-electron chi connectivity index (χ1n) is 14.5. The predicted molar refractivity (Wildman–Crippen MR) is 169 cm³/mol. The van der Waals surface area contributed by atoms with Crippen LogP contribution in [0.5, 0.6) is 0 Å². The molecule has 4 aromatic rings. The number of esters is 1. The molecule has 5 rings (SSSR count). The molecule has 5 nitrogen and oxygen atoms in total. The summed E-state index contributed by atoms with van der Waals surface area (Å²) in [5.41, 5.74) is 5.96. The topological polar surface area (TPSA) is 68.3 Å². The van der Waals surface area contributed by atoms with Crippen LogP contribution in [0.2, 0.25) is 0 Å². The molecule has 1 aliphatic rings. The van der Waals surface area contributed by atoms with E-state index in [9.17, 15) is 9.59 Å². The molecule has 1 atom stereocenters. The Morgan fingerprint density at radius 1 is 1.02 bits per heavy atom. The Bertz CT molecular complexity index is 1600. The zero-order valence-electron chi connectivity index (χ0n) is 25.2. The van der Waals surface area contributed by atoms with Gasteiger partial charge in [0.25, 0.3) is 5.91 Å². The number of ether oxygens (including phenoxy) is 1. The highest BCUT2D eigenvalue weighted by atomic mass is 32.1. The van der Waals surface area contributed by atoms with Gasteiger partial charge in [-0.25, -0.2) is 9.78 Å². The van der Waals surface area contributed by atoms with Gasteiger partial charge in [-0.2, -0.15) is 0 Å². The lowest BCUT2D eigenvalue weighted by Crippen LogP contribution is -2.26. The molecule has 214 valence electrons. The van der Waals surface area contributed by atoms with Crippen molar-refractivity contribution < 1.29 is 14.3 Å². The van der Waals surface area contributed by atoms with Gasteiger partial charge in [0, 0.05) is 15.8 Å². The number of fused-ring (bicyclic) bond motifs is 2. The maximum Gasteiger partial charge on any atom is 0.341 e. The molecule has 6 heteroatoms. The minimum Gasteiger partial charge on any atom is -0.462 e. The second-order valence-electron chi connectivity index (χ2n) is 13.1. The summed E-state index contributed by atoms with van der Waals surface area (Å²) in [7, 11) is 0. The summed E-state index contributed by atoms with van der Waals surface area (Å²) >= 11 is 1.52. The predicted octanol–water partition coefficient (Wildman–Crippen LogP) is 8.84. The van der Waals surface area contributed by atoms with E-state index in [-0.39, 0.29) is 29.3 Å². The van der Waals surface area contributed by atoms with E-state index in [2.05, 4.69) is 71.1 Å². The van der Waals surface area contributed by atoms with E-state index < -0.39 is 0 Å². The highest BCUT2D eigenvalue weighted by molar-refractivity contribution is 7.17. The first-order valence-corrected chi connectivity index (χ1v) is 15.3. The van der Waals surface area contributed by atoms with Gasteiger partial charge in [0.2, 0.25) is 0 Å². The van der Waals surface area contributed by atoms with Gasteiger partial charge in [0.15, 0.2) is 0 Å². The lowest BCUT2D eigenvalue weighted by molar-refractivity contribution is 0.0526. The first-order chi connectivity index (χ1) is 19.4. The highest BCUT2D eigenvalue weighted by Crippen LogP contribution is 2.44. The Kier molecular flexibility index (Phi) is 7.82. The Balaban J connectivity index is 1.54. The standard InChI is InChI=1S/C35H40N2O3S/c1-8-40-33(39)30-25-18-17-23(35(5,6)7)19-29(25)41-32(30)37-31(38)26-20-28(36-27-12-10-9-11-24(26)27)21-13-15-22(16-14-21)34(2,3)4/h9-16,20,23H,8,17-19H2,1-7H3,(H,37,38). The van der Waals surface area contributed by atoms with Gasteiger partial charge < -0.3 is 10.1 Å². The van der Waals surface area contributed by atoms with Gasteiger partial charge in [0.1, 0.15) is 5.00 Å². The summed E-state index contributed by atoms with van der Waals surface area (Å²) < 4.78 is 5.46. The molecule has 0 radical (unpaired) electrons. The molecule has 41 heavy (non-hydrogen) atoms. The van der Waals surface area contributed by atoms with Gasteiger partial charge in [-0.15, -0.1) is 11.3 Å². The van der Waals surface area contributed by atoms with Crippen LogP contribution in [0.15, 0.2) is 54.6 Å².